The smallest absolute Gasteiger partial charge is 0.293 e. The standard InChI is InChI=1S/C18H11Br2IN2O2S/c19-11-3-1-10(2-4-11)15-7-8-16(25-15)17(24)23-18(26)22-14-6-5-12(20)9-13(14)21/h1-9H,(H2,22,23,24,26). The molecule has 3 aromatic rings. The SMILES string of the molecule is O=C(NC(=S)Nc1ccc(Br)cc1I)c1ccc(-c2ccc(Br)cc2)o1. The van der Waals surface area contributed by atoms with Crippen LogP contribution < -0.4 is 10.6 Å². The van der Waals surface area contributed by atoms with Gasteiger partial charge in [0.1, 0.15) is 5.76 Å². The Morgan fingerprint density at radius 2 is 1.69 bits per heavy atom. The molecule has 0 aliphatic heterocycles. The Kier molecular flexibility index (Phi) is 6.49. The number of hydrogen-bond acceptors (Lipinski definition) is 3. The van der Waals surface area contributed by atoms with Crippen LogP contribution in [-0.4, -0.2) is 11.0 Å². The fraction of sp³-hybridized carbons (Fsp3) is 0. The van der Waals surface area contributed by atoms with E-state index in [4.69, 9.17) is 16.6 Å². The van der Waals surface area contributed by atoms with Crippen molar-refractivity contribution < 1.29 is 9.21 Å². The van der Waals surface area contributed by atoms with Crippen LogP contribution in [0.2, 0.25) is 0 Å². The van der Waals surface area contributed by atoms with E-state index in [1.54, 1.807) is 12.1 Å². The number of nitrogens with one attached hydrogen (secondary N) is 2. The minimum Gasteiger partial charge on any atom is -0.451 e. The molecule has 2 aromatic carbocycles. The van der Waals surface area contributed by atoms with Crippen LogP contribution in [0.15, 0.2) is 68.0 Å². The Hall–Kier alpha value is -1.23. The molecule has 0 spiro atoms. The summed E-state index contributed by atoms with van der Waals surface area (Å²) in [6.07, 6.45) is 0. The van der Waals surface area contributed by atoms with E-state index in [0.29, 0.717) is 5.76 Å². The number of carbonyl (C=O) groups excluding carboxylic acids is 1. The second kappa shape index (κ2) is 8.64. The molecular weight excluding hydrogens is 595 g/mol. The molecule has 26 heavy (non-hydrogen) atoms. The summed E-state index contributed by atoms with van der Waals surface area (Å²) in [4.78, 5) is 12.3. The lowest BCUT2D eigenvalue weighted by Crippen LogP contribution is -2.34. The van der Waals surface area contributed by atoms with Crippen molar-refractivity contribution >= 4 is 83.4 Å². The highest BCUT2D eigenvalue weighted by atomic mass is 127. The van der Waals surface area contributed by atoms with Crippen LogP contribution in [0, 0.1) is 3.57 Å². The molecule has 3 rings (SSSR count). The van der Waals surface area contributed by atoms with Crippen molar-refractivity contribution in [2.45, 2.75) is 0 Å². The van der Waals surface area contributed by atoms with Gasteiger partial charge >= 0.3 is 0 Å². The molecule has 132 valence electrons. The Morgan fingerprint density at radius 1 is 1.00 bits per heavy atom. The number of carbonyl (C=O) groups is 1. The second-order valence-electron chi connectivity index (χ2n) is 5.20. The number of halogens is 3. The zero-order chi connectivity index (χ0) is 18.7. The summed E-state index contributed by atoms with van der Waals surface area (Å²) in [5.74, 6) is 0.402. The van der Waals surface area contributed by atoms with E-state index in [1.165, 1.54) is 0 Å². The average Bonchev–Trinajstić information content (AvgIpc) is 3.08. The molecule has 0 atom stereocenters. The number of anilines is 1. The minimum absolute atomic E-state index is 0.192. The van der Waals surface area contributed by atoms with Gasteiger partial charge in [-0.15, -0.1) is 0 Å². The molecule has 0 fully saturated rings. The van der Waals surface area contributed by atoms with Gasteiger partial charge in [-0.2, -0.15) is 0 Å². The molecule has 1 amide bonds. The van der Waals surface area contributed by atoms with Crippen molar-refractivity contribution in [1.29, 1.82) is 0 Å². The third kappa shape index (κ3) is 4.93. The van der Waals surface area contributed by atoms with E-state index in [1.807, 2.05) is 42.5 Å². The van der Waals surface area contributed by atoms with E-state index >= 15 is 0 Å². The van der Waals surface area contributed by atoms with E-state index in [9.17, 15) is 4.79 Å². The Morgan fingerprint density at radius 3 is 2.38 bits per heavy atom. The van der Waals surface area contributed by atoms with Gasteiger partial charge in [0, 0.05) is 18.1 Å². The number of thiocarbonyl (C=S) groups is 1. The number of hydrogen-bond donors (Lipinski definition) is 2. The predicted octanol–water partition coefficient (Wildman–Crippen LogP) is 6.20. The van der Waals surface area contributed by atoms with Gasteiger partial charge in [0.05, 0.1) is 5.69 Å². The summed E-state index contributed by atoms with van der Waals surface area (Å²) in [6.45, 7) is 0. The predicted molar refractivity (Wildman–Crippen MR) is 122 cm³/mol. The van der Waals surface area contributed by atoms with Crippen LogP contribution in [0.1, 0.15) is 10.6 Å². The molecule has 2 N–H and O–H groups in total. The Balaban J connectivity index is 1.66. The quantitative estimate of drug-likeness (QED) is 0.276. The lowest BCUT2D eigenvalue weighted by atomic mass is 10.2. The van der Waals surface area contributed by atoms with E-state index < -0.39 is 5.91 Å². The van der Waals surface area contributed by atoms with E-state index in [-0.39, 0.29) is 10.9 Å². The molecule has 0 saturated heterocycles. The van der Waals surface area contributed by atoms with Crippen molar-refractivity contribution in [2.24, 2.45) is 0 Å². The zero-order valence-corrected chi connectivity index (χ0v) is 19.2. The third-order valence-electron chi connectivity index (χ3n) is 3.36. The molecule has 0 saturated carbocycles. The monoisotopic (exact) mass is 604 g/mol. The molecule has 8 heteroatoms. The maximum atomic E-state index is 12.3. The second-order valence-corrected chi connectivity index (χ2v) is 8.60. The van der Waals surface area contributed by atoms with Gasteiger partial charge in [0.2, 0.25) is 0 Å². The summed E-state index contributed by atoms with van der Waals surface area (Å²) >= 11 is 14.2. The van der Waals surface area contributed by atoms with Gasteiger partial charge in [-0.1, -0.05) is 44.0 Å². The molecule has 0 unspecified atom stereocenters. The molecule has 1 heterocycles. The van der Waals surface area contributed by atoms with Crippen LogP contribution in [0.5, 0.6) is 0 Å². The van der Waals surface area contributed by atoms with Crippen LogP contribution in [0.4, 0.5) is 5.69 Å². The summed E-state index contributed by atoms with van der Waals surface area (Å²) in [6, 6.07) is 16.7. The molecular formula is C18H11Br2IN2O2S. The largest absolute Gasteiger partial charge is 0.451 e. The fourth-order valence-electron chi connectivity index (χ4n) is 2.14. The van der Waals surface area contributed by atoms with Crippen LogP contribution >= 0.6 is 66.7 Å². The minimum atomic E-state index is -0.405. The van der Waals surface area contributed by atoms with Gasteiger partial charge in [0.15, 0.2) is 10.9 Å². The first-order valence-electron chi connectivity index (χ1n) is 7.35. The van der Waals surface area contributed by atoms with Gasteiger partial charge in [0.25, 0.3) is 5.91 Å². The summed E-state index contributed by atoms with van der Waals surface area (Å²) < 4.78 is 8.56. The van der Waals surface area contributed by atoms with E-state index in [2.05, 4.69) is 65.1 Å². The fourth-order valence-corrected chi connectivity index (χ4v) is 4.04. The molecule has 0 bridgehead atoms. The van der Waals surface area contributed by atoms with Crippen molar-refractivity contribution in [1.82, 2.24) is 5.32 Å². The average molecular weight is 606 g/mol. The van der Waals surface area contributed by atoms with Gasteiger partial charge in [-0.05, 0) is 77.3 Å². The molecule has 0 aliphatic rings. The van der Waals surface area contributed by atoms with E-state index in [0.717, 1.165) is 23.8 Å². The molecule has 4 nitrogen and oxygen atoms in total. The van der Waals surface area contributed by atoms with Crippen LogP contribution in [0.25, 0.3) is 11.3 Å². The summed E-state index contributed by atoms with van der Waals surface area (Å²) in [5.41, 5.74) is 1.70. The molecule has 1 aromatic heterocycles. The maximum absolute atomic E-state index is 12.3. The highest BCUT2D eigenvalue weighted by Crippen LogP contribution is 2.24. The van der Waals surface area contributed by atoms with Crippen molar-refractivity contribution in [2.75, 3.05) is 5.32 Å². The van der Waals surface area contributed by atoms with Crippen molar-refractivity contribution in [3.8, 4) is 11.3 Å². The first kappa shape index (κ1) is 19.5. The van der Waals surface area contributed by atoms with Crippen LogP contribution in [0.3, 0.4) is 0 Å². The molecule has 0 radical (unpaired) electrons. The third-order valence-corrected chi connectivity index (χ3v) is 5.48. The van der Waals surface area contributed by atoms with Crippen LogP contribution in [-0.2, 0) is 0 Å². The van der Waals surface area contributed by atoms with Gasteiger partial charge in [-0.3, -0.25) is 10.1 Å². The number of rotatable bonds is 3. The normalized spacial score (nSPS) is 10.4. The topological polar surface area (TPSA) is 54.3 Å². The van der Waals surface area contributed by atoms with Crippen molar-refractivity contribution in [3.05, 3.63) is 72.9 Å². The zero-order valence-electron chi connectivity index (χ0n) is 13.1. The number of furan rings is 1. The number of benzene rings is 2. The summed E-state index contributed by atoms with van der Waals surface area (Å²) in [5, 5.41) is 5.84. The lowest BCUT2D eigenvalue weighted by Gasteiger charge is -2.10. The maximum Gasteiger partial charge on any atom is 0.293 e. The van der Waals surface area contributed by atoms with Gasteiger partial charge < -0.3 is 9.73 Å². The summed E-state index contributed by atoms with van der Waals surface area (Å²) in [7, 11) is 0. The lowest BCUT2D eigenvalue weighted by molar-refractivity contribution is 0.0951. The Labute approximate surface area is 186 Å². The number of amides is 1. The highest BCUT2D eigenvalue weighted by Gasteiger charge is 2.14. The van der Waals surface area contributed by atoms with Gasteiger partial charge in [-0.25, -0.2) is 0 Å². The Bertz CT molecular complexity index is 974. The van der Waals surface area contributed by atoms with Crippen molar-refractivity contribution in [3.63, 3.8) is 0 Å². The first-order chi connectivity index (χ1) is 12.4. The highest BCUT2D eigenvalue weighted by molar-refractivity contribution is 14.1. The molecule has 0 aliphatic carbocycles. The first-order valence-corrected chi connectivity index (χ1v) is 10.4.